The molecule has 1 aliphatic carbocycles. The summed E-state index contributed by atoms with van der Waals surface area (Å²) in [4.78, 5) is 10.7. The molecule has 0 bridgehead atoms. The van der Waals surface area contributed by atoms with Gasteiger partial charge in [-0.1, -0.05) is 24.3 Å². The molecule has 1 aromatic carbocycles. The molecule has 0 saturated heterocycles. The highest BCUT2D eigenvalue weighted by molar-refractivity contribution is 5.46. The van der Waals surface area contributed by atoms with Gasteiger partial charge in [0.05, 0.1) is 12.2 Å². The minimum Gasteiger partial charge on any atom is -0.364 e. The molecule has 0 fully saturated rings. The molecular weight excluding hydrogens is 252 g/mol. The third-order valence-corrected chi connectivity index (χ3v) is 3.99. The maximum Gasteiger partial charge on any atom is 0.108 e. The Morgan fingerprint density at radius 1 is 1.40 bits per heavy atom. The second kappa shape index (κ2) is 5.69. The molecule has 2 N–H and O–H groups in total. The Labute approximate surface area is 118 Å². The Hall–Kier alpha value is -1.78. The van der Waals surface area contributed by atoms with Crippen molar-refractivity contribution in [1.29, 1.82) is 0 Å². The summed E-state index contributed by atoms with van der Waals surface area (Å²) in [5.74, 6) is 0. The monoisotopic (exact) mass is 270 g/mol. The lowest BCUT2D eigenvalue weighted by Crippen LogP contribution is -2.31. The topological polar surface area (TPSA) is 64.7 Å². The standard InChI is InChI=1S/C16H18N2O2/c17-10-16-14-7-6-13(18-19)8-12(14)9-15(20-16)11-4-2-1-3-5-11/h1-2,4,6-8,15-16H,3,5,9-10,17H2. The van der Waals surface area contributed by atoms with Gasteiger partial charge in [-0.25, -0.2) is 0 Å². The Morgan fingerprint density at radius 2 is 2.30 bits per heavy atom. The van der Waals surface area contributed by atoms with Crippen LogP contribution in [-0.4, -0.2) is 12.6 Å². The predicted molar refractivity (Wildman–Crippen MR) is 78.7 cm³/mol. The number of nitrogens with two attached hydrogens (primary N) is 1. The van der Waals surface area contributed by atoms with E-state index in [9.17, 15) is 4.91 Å². The van der Waals surface area contributed by atoms with Crippen molar-refractivity contribution in [3.63, 3.8) is 0 Å². The average molecular weight is 270 g/mol. The van der Waals surface area contributed by atoms with Gasteiger partial charge >= 0.3 is 0 Å². The molecular formula is C16H18N2O2. The lowest BCUT2D eigenvalue weighted by molar-refractivity contribution is -0.00232. The first-order chi connectivity index (χ1) is 9.81. The van der Waals surface area contributed by atoms with Gasteiger partial charge in [-0.2, -0.15) is 0 Å². The molecule has 104 valence electrons. The van der Waals surface area contributed by atoms with Gasteiger partial charge < -0.3 is 10.5 Å². The van der Waals surface area contributed by atoms with Crippen molar-refractivity contribution in [1.82, 2.24) is 0 Å². The Morgan fingerprint density at radius 3 is 3.00 bits per heavy atom. The highest BCUT2D eigenvalue weighted by Crippen LogP contribution is 2.35. The van der Waals surface area contributed by atoms with Crippen molar-refractivity contribution in [2.45, 2.75) is 31.5 Å². The van der Waals surface area contributed by atoms with E-state index in [0.717, 1.165) is 30.4 Å². The molecule has 0 radical (unpaired) electrons. The van der Waals surface area contributed by atoms with Gasteiger partial charge in [-0.05, 0) is 46.9 Å². The molecule has 1 aromatic rings. The fourth-order valence-electron chi connectivity index (χ4n) is 2.95. The number of ether oxygens (including phenoxy) is 1. The molecule has 1 aliphatic heterocycles. The van der Waals surface area contributed by atoms with Gasteiger partial charge in [-0.3, -0.25) is 0 Å². The summed E-state index contributed by atoms with van der Waals surface area (Å²) in [5, 5.41) is 3.02. The van der Waals surface area contributed by atoms with Gasteiger partial charge in [0, 0.05) is 13.0 Å². The molecule has 0 aromatic heterocycles. The summed E-state index contributed by atoms with van der Waals surface area (Å²) in [5.41, 5.74) is 9.83. The van der Waals surface area contributed by atoms with E-state index < -0.39 is 0 Å². The van der Waals surface area contributed by atoms with Gasteiger partial charge in [0.25, 0.3) is 0 Å². The highest BCUT2D eigenvalue weighted by Gasteiger charge is 2.29. The summed E-state index contributed by atoms with van der Waals surface area (Å²) < 4.78 is 6.14. The van der Waals surface area contributed by atoms with Crippen LogP contribution < -0.4 is 5.73 Å². The second-order valence-electron chi connectivity index (χ2n) is 5.24. The van der Waals surface area contributed by atoms with E-state index in [1.165, 1.54) is 5.57 Å². The van der Waals surface area contributed by atoms with E-state index in [-0.39, 0.29) is 12.2 Å². The third kappa shape index (κ3) is 2.44. The molecule has 4 nitrogen and oxygen atoms in total. The van der Waals surface area contributed by atoms with E-state index in [1.54, 1.807) is 6.07 Å². The van der Waals surface area contributed by atoms with Crippen LogP contribution >= 0.6 is 0 Å². The normalized spacial score (nSPS) is 24.9. The number of nitrogens with zero attached hydrogens (tertiary/aromatic N) is 1. The fourth-order valence-corrected chi connectivity index (χ4v) is 2.95. The highest BCUT2D eigenvalue weighted by atomic mass is 16.5. The van der Waals surface area contributed by atoms with E-state index >= 15 is 0 Å². The van der Waals surface area contributed by atoms with Crippen LogP contribution in [0.4, 0.5) is 5.69 Å². The second-order valence-corrected chi connectivity index (χ2v) is 5.24. The number of fused-ring (bicyclic) bond motifs is 1. The quantitative estimate of drug-likeness (QED) is 0.857. The lowest BCUT2D eigenvalue weighted by Gasteiger charge is -2.33. The van der Waals surface area contributed by atoms with Gasteiger partial charge in [0.15, 0.2) is 0 Å². The fraction of sp³-hybridized carbons (Fsp3) is 0.375. The van der Waals surface area contributed by atoms with Gasteiger partial charge in [0.2, 0.25) is 0 Å². The van der Waals surface area contributed by atoms with Crippen molar-refractivity contribution < 1.29 is 4.74 Å². The molecule has 20 heavy (non-hydrogen) atoms. The van der Waals surface area contributed by atoms with E-state index in [1.807, 2.05) is 12.1 Å². The molecule has 1 heterocycles. The van der Waals surface area contributed by atoms with Crippen molar-refractivity contribution in [3.05, 3.63) is 58.0 Å². The summed E-state index contributed by atoms with van der Waals surface area (Å²) in [6.45, 7) is 0.445. The van der Waals surface area contributed by atoms with Crippen LogP contribution in [-0.2, 0) is 11.2 Å². The predicted octanol–water partition coefficient (Wildman–Crippen LogP) is 3.30. The average Bonchev–Trinajstić information content (AvgIpc) is 2.54. The Bertz CT molecular complexity index is 578. The third-order valence-electron chi connectivity index (χ3n) is 3.99. The van der Waals surface area contributed by atoms with Gasteiger partial charge in [-0.15, -0.1) is 4.91 Å². The number of rotatable bonds is 3. The minimum absolute atomic E-state index is 0.0582. The summed E-state index contributed by atoms with van der Waals surface area (Å²) in [6.07, 6.45) is 9.21. The summed E-state index contributed by atoms with van der Waals surface area (Å²) in [6, 6.07) is 5.50. The maximum absolute atomic E-state index is 10.7. The lowest BCUT2D eigenvalue weighted by atomic mass is 9.88. The van der Waals surface area contributed by atoms with Crippen molar-refractivity contribution >= 4 is 5.69 Å². The van der Waals surface area contributed by atoms with Gasteiger partial charge in [0.1, 0.15) is 5.69 Å². The van der Waals surface area contributed by atoms with E-state index in [4.69, 9.17) is 10.5 Å². The molecule has 2 unspecified atom stereocenters. The van der Waals surface area contributed by atoms with Crippen LogP contribution in [0.3, 0.4) is 0 Å². The van der Waals surface area contributed by atoms with Crippen molar-refractivity contribution in [2.75, 3.05) is 6.54 Å². The first-order valence-corrected chi connectivity index (χ1v) is 6.99. The molecule has 3 rings (SSSR count). The van der Waals surface area contributed by atoms with Crippen LogP contribution in [0.15, 0.2) is 47.2 Å². The zero-order valence-corrected chi connectivity index (χ0v) is 11.3. The molecule has 0 spiro atoms. The van der Waals surface area contributed by atoms with E-state index in [0.29, 0.717) is 12.2 Å². The number of hydrogen-bond donors (Lipinski definition) is 1. The SMILES string of the molecule is NCC1OC(C2=CC=CCC2)Cc2cc(N=O)ccc21. The first kappa shape index (κ1) is 13.2. The largest absolute Gasteiger partial charge is 0.364 e. The smallest absolute Gasteiger partial charge is 0.108 e. The molecule has 0 amide bonds. The molecule has 4 heteroatoms. The Balaban J connectivity index is 1.93. The number of allylic oxidation sites excluding steroid dienone is 3. The Kier molecular flexibility index (Phi) is 3.76. The zero-order chi connectivity index (χ0) is 13.9. The van der Waals surface area contributed by atoms with Crippen molar-refractivity contribution in [2.24, 2.45) is 10.9 Å². The van der Waals surface area contributed by atoms with Crippen LogP contribution in [0.2, 0.25) is 0 Å². The van der Waals surface area contributed by atoms with E-state index in [2.05, 4.69) is 23.4 Å². The minimum atomic E-state index is -0.101. The number of benzene rings is 1. The van der Waals surface area contributed by atoms with Crippen LogP contribution in [0.1, 0.15) is 30.1 Å². The number of nitroso groups, excluding NO2 is 1. The van der Waals surface area contributed by atoms with Crippen LogP contribution in [0.5, 0.6) is 0 Å². The summed E-state index contributed by atoms with van der Waals surface area (Å²) >= 11 is 0. The van der Waals surface area contributed by atoms with Crippen LogP contribution in [0.25, 0.3) is 0 Å². The maximum atomic E-state index is 10.7. The molecule has 2 aliphatic rings. The molecule has 0 saturated carbocycles. The number of hydrogen-bond acceptors (Lipinski definition) is 4. The zero-order valence-electron chi connectivity index (χ0n) is 11.3. The summed E-state index contributed by atoms with van der Waals surface area (Å²) in [7, 11) is 0. The van der Waals surface area contributed by atoms with Crippen LogP contribution in [0, 0.1) is 4.91 Å². The van der Waals surface area contributed by atoms with Crippen molar-refractivity contribution in [3.8, 4) is 0 Å². The first-order valence-electron chi connectivity index (χ1n) is 6.99. The molecule has 2 atom stereocenters.